The van der Waals surface area contributed by atoms with Crippen LogP contribution in [-0.4, -0.2) is 27.8 Å². The zero-order valence-corrected chi connectivity index (χ0v) is 17.7. The lowest BCUT2D eigenvalue weighted by atomic mass is 9.96. The summed E-state index contributed by atoms with van der Waals surface area (Å²) in [6, 6.07) is 14.1. The molecule has 0 aliphatic carbocycles. The number of amides is 3. The van der Waals surface area contributed by atoms with Gasteiger partial charge in [-0.3, -0.25) is 4.79 Å². The Morgan fingerprint density at radius 3 is 2.68 bits per heavy atom. The number of urea groups is 1. The van der Waals surface area contributed by atoms with Crippen LogP contribution in [0.3, 0.4) is 0 Å². The van der Waals surface area contributed by atoms with E-state index in [9.17, 15) is 9.59 Å². The van der Waals surface area contributed by atoms with E-state index < -0.39 is 0 Å². The second-order valence-corrected chi connectivity index (χ2v) is 8.37. The molecule has 0 spiro atoms. The molecule has 2 aliphatic heterocycles. The highest BCUT2D eigenvalue weighted by molar-refractivity contribution is 7.16. The van der Waals surface area contributed by atoms with Gasteiger partial charge in [-0.2, -0.15) is 0 Å². The number of allylic oxidation sites excluding steroid dienone is 1. The number of aromatic nitrogens is 2. The first kappa shape index (κ1) is 19.4. The lowest BCUT2D eigenvalue weighted by Gasteiger charge is -2.28. The molecule has 0 saturated carbocycles. The largest absolute Gasteiger partial charge is 0.327 e. The summed E-state index contributed by atoms with van der Waals surface area (Å²) in [5.74, 6) is -0.321. The van der Waals surface area contributed by atoms with Gasteiger partial charge in [-0.15, -0.1) is 10.2 Å². The summed E-state index contributed by atoms with van der Waals surface area (Å²) in [6.45, 7) is 1.82. The summed E-state index contributed by atoms with van der Waals surface area (Å²) < 4.78 is 0. The predicted molar refractivity (Wildman–Crippen MR) is 120 cm³/mol. The molecule has 5 rings (SSSR count). The maximum Gasteiger partial charge on any atom is 0.319 e. The molecule has 0 bridgehead atoms. The van der Waals surface area contributed by atoms with Crippen molar-refractivity contribution in [1.82, 2.24) is 20.8 Å². The number of hydrogen-bond acceptors (Lipinski definition) is 6. The summed E-state index contributed by atoms with van der Waals surface area (Å²) in [4.78, 5) is 28.9. The molecule has 3 aromatic rings. The van der Waals surface area contributed by atoms with E-state index in [0.29, 0.717) is 32.1 Å². The molecule has 31 heavy (non-hydrogen) atoms. The highest BCUT2D eigenvalue weighted by Crippen LogP contribution is 2.37. The molecule has 0 fully saturated rings. The van der Waals surface area contributed by atoms with Crippen LogP contribution in [0.1, 0.15) is 29.1 Å². The van der Waals surface area contributed by atoms with Crippen molar-refractivity contribution in [2.24, 2.45) is 4.99 Å². The predicted octanol–water partition coefficient (Wildman–Crippen LogP) is 4.05. The number of nitrogens with one attached hydrogen (secondary N) is 3. The van der Waals surface area contributed by atoms with Gasteiger partial charge in [-0.25, -0.2) is 9.79 Å². The number of hydrogen-bond donors (Lipinski definition) is 3. The minimum absolute atomic E-state index is 0.237. The molecule has 3 heterocycles. The van der Waals surface area contributed by atoms with E-state index in [1.165, 1.54) is 11.3 Å². The minimum Gasteiger partial charge on any atom is -0.327 e. The van der Waals surface area contributed by atoms with Crippen molar-refractivity contribution in [2.45, 2.75) is 13.0 Å². The van der Waals surface area contributed by atoms with Gasteiger partial charge in [0.05, 0.1) is 11.7 Å². The normalized spacial score (nSPS) is 19.2. The smallest absolute Gasteiger partial charge is 0.319 e. The molecule has 8 nitrogen and oxygen atoms in total. The maximum absolute atomic E-state index is 12.4. The average Bonchev–Trinajstić information content (AvgIpc) is 3.33. The number of carbonyl (C=O) groups is 2. The van der Waals surface area contributed by atoms with Gasteiger partial charge in [0.15, 0.2) is 0 Å². The van der Waals surface area contributed by atoms with Gasteiger partial charge in [0.2, 0.25) is 5.13 Å². The Hall–Kier alpha value is -3.56. The summed E-state index contributed by atoms with van der Waals surface area (Å²) in [7, 11) is 0. The standard InChI is InChI=1S/C21H15ClN6O2S/c1-10-15(16(25-20(30)23-10)11-5-3-2-4-6-11)19-27-28-21(31-19)26-17-13-9-12(22)7-8-14(13)24-18(17)29/h2-9,16H,1H3,(H2,23,25,30)(H,24,26,28,29). The maximum atomic E-state index is 12.4. The number of fused-ring (bicyclic) bond motifs is 1. The van der Waals surface area contributed by atoms with Crippen LogP contribution in [0.25, 0.3) is 5.57 Å². The van der Waals surface area contributed by atoms with E-state index in [0.717, 1.165) is 11.1 Å². The van der Waals surface area contributed by atoms with Crippen molar-refractivity contribution in [1.29, 1.82) is 0 Å². The van der Waals surface area contributed by atoms with Crippen LogP contribution in [0.4, 0.5) is 15.6 Å². The average molecular weight is 451 g/mol. The SMILES string of the molecule is CC1=C(c2nnc(N=C3C(=O)Nc4ccc(Cl)cc43)s2)C(c2ccccc2)NC(=O)N1. The number of nitrogens with zero attached hydrogens (tertiary/aromatic N) is 3. The molecular weight excluding hydrogens is 436 g/mol. The van der Waals surface area contributed by atoms with Gasteiger partial charge in [0.1, 0.15) is 10.7 Å². The van der Waals surface area contributed by atoms with Gasteiger partial charge < -0.3 is 16.0 Å². The second kappa shape index (κ2) is 7.60. The molecule has 10 heteroatoms. The third-order valence-corrected chi connectivity index (χ3v) is 6.04. The van der Waals surface area contributed by atoms with Crippen molar-refractivity contribution in [3.63, 3.8) is 0 Å². The summed E-state index contributed by atoms with van der Waals surface area (Å²) in [5.41, 5.74) is 3.92. The molecule has 0 saturated heterocycles. The van der Waals surface area contributed by atoms with E-state index in [-0.39, 0.29) is 23.7 Å². The van der Waals surface area contributed by atoms with Gasteiger partial charge in [0, 0.05) is 21.9 Å². The first-order valence-electron chi connectivity index (χ1n) is 9.36. The molecule has 1 unspecified atom stereocenters. The number of halogens is 1. The van der Waals surface area contributed by atoms with E-state index in [4.69, 9.17) is 11.6 Å². The lowest BCUT2D eigenvalue weighted by Crippen LogP contribution is -2.42. The van der Waals surface area contributed by atoms with Crippen molar-refractivity contribution in [3.05, 3.63) is 75.4 Å². The number of rotatable bonds is 3. The Labute approximate surface area is 186 Å². The molecule has 3 amide bonds. The monoisotopic (exact) mass is 450 g/mol. The zero-order valence-electron chi connectivity index (χ0n) is 16.1. The quantitative estimate of drug-likeness (QED) is 0.559. The van der Waals surface area contributed by atoms with Crippen LogP contribution in [-0.2, 0) is 4.79 Å². The first-order chi connectivity index (χ1) is 15.0. The molecule has 154 valence electrons. The van der Waals surface area contributed by atoms with Crippen molar-refractivity contribution in [2.75, 3.05) is 5.32 Å². The lowest BCUT2D eigenvalue weighted by molar-refractivity contribution is -0.110. The summed E-state index contributed by atoms with van der Waals surface area (Å²) in [6.07, 6.45) is 0. The van der Waals surface area contributed by atoms with Gasteiger partial charge in [-0.1, -0.05) is 53.3 Å². The fourth-order valence-electron chi connectivity index (χ4n) is 3.57. The third-order valence-electron chi connectivity index (χ3n) is 4.95. The van der Waals surface area contributed by atoms with Gasteiger partial charge >= 0.3 is 6.03 Å². The Kier molecular flexibility index (Phi) is 4.76. The van der Waals surface area contributed by atoms with E-state index in [2.05, 4.69) is 31.1 Å². The highest BCUT2D eigenvalue weighted by atomic mass is 35.5. The Morgan fingerprint density at radius 1 is 1.06 bits per heavy atom. The van der Waals surface area contributed by atoms with Crippen molar-refractivity contribution in [3.8, 4) is 0 Å². The Balaban J connectivity index is 1.54. The topological polar surface area (TPSA) is 108 Å². The second-order valence-electron chi connectivity index (χ2n) is 6.98. The fourth-order valence-corrected chi connectivity index (χ4v) is 4.60. The zero-order chi connectivity index (χ0) is 21.5. The van der Waals surface area contributed by atoms with Crippen LogP contribution >= 0.6 is 22.9 Å². The van der Waals surface area contributed by atoms with Crippen LogP contribution in [0.15, 0.2) is 59.2 Å². The van der Waals surface area contributed by atoms with Crippen LogP contribution in [0, 0.1) is 0 Å². The van der Waals surface area contributed by atoms with Crippen LogP contribution in [0.2, 0.25) is 5.02 Å². The molecule has 1 aromatic heterocycles. The molecule has 1 atom stereocenters. The molecule has 2 aliphatic rings. The minimum atomic E-state index is -0.377. The Morgan fingerprint density at radius 2 is 1.87 bits per heavy atom. The summed E-state index contributed by atoms with van der Waals surface area (Å²) >= 11 is 7.32. The fraction of sp³-hybridized carbons (Fsp3) is 0.0952. The molecule has 0 radical (unpaired) electrons. The van der Waals surface area contributed by atoms with Crippen LogP contribution in [0.5, 0.6) is 0 Å². The van der Waals surface area contributed by atoms with E-state index >= 15 is 0 Å². The molecule has 3 N–H and O–H groups in total. The van der Waals surface area contributed by atoms with Gasteiger partial charge in [0.25, 0.3) is 5.91 Å². The number of aliphatic imine (C=N–C) groups is 1. The number of anilines is 1. The number of carbonyl (C=O) groups excluding carboxylic acids is 2. The molecular formula is C21H15ClN6O2S. The first-order valence-corrected chi connectivity index (χ1v) is 10.6. The van der Waals surface area contributed by atoms with Crippen molar-refractivity contribution >= 4 is 57.0 Å². The van der Waals surface area contributed by atoms with E-state index in [1.54, 1.807) is 18.2 Å². The third kappa shape index (κ3) is 3.58. The summed E-state index contributed by atoms with van der Waals surface area (Å²) in [5, 5.41) is 18.4. The number of benzene rings is 2. The highest BCUT2D eigenvalue weighted by Gasteiger charge is 2.31. The van der Waals surface area contributed by atoms with E-state index in [1.807, 2.05) is 37.3 Å². The Bertz CT molecular complexity index is 1280. The van der Waals surface area contributed by atoms with Crippen LogP contribution < -0.4 is 16.0 Å². The van der Waals surface area contributed by atoms with Gasteiger partial charge in [-0.05, 0) is 30.7 Å². The molecule has 2 aromatic carbocycles. The van der Waals surface area contributed by atoms with Crippen molar-refractivity contribution < 1.29 is 9.59 Å².